The minimum absolute atomic E-state index is 0.0978. The third-order valence-electron chi connectivity index (χ3n) is 3.40. The van der Waals surface area contributed by atoms with Crippen molar-refractivity contribution in [1.29, 1.82) is 0 Å². The third-order valence-corrected chi connectivity index (χ3v) is 3.40. The second-order valence-corrected chi connectivity index (χ2v) is 4.39. The lowest BCUT2D eigenvalue weighted by Gasteiger charge is -2.18. The van der Waals surface area contributed by atoms with Crippen LogP contribution in [0.5, 0.6) is 0 Å². The van der Waals surface area contributed by atoms with E-state index in [1.54, 1.807) is 0 Å². The van der Waals surface area contributed by atoms with E-state index in [-0.39, 0.29) is 5.91 Å². The average molecular weight is 203 g/mol. The third kappa shape index (κ3) is 1.07. The molecule has 3 rings (SSSR count). The molecule has 1 fully saturated rings. The van der Waals surface area contributed by atoms with E-state index in [0.29, 0.717) is 13.2 Å². The quantitative estimate of drug-likeness (QED) is 0.695. The Balaban J connectivity index is 2.19. The molecule has 3 nitrogen and oxygen atoms in total. The first kappa shape index (κ1) is 8.92. The largest absolute Gasteiger partial charge is 0.380 e. The second kappa shape index (κ2) is 2.83. The van der Waals surface area contributed by atoms with Gasteiger partial charge in [-0.3, -0.25) is 4.79 Å². The molecule has 0 bridgehead atoms. The van der Waals surface area contributed by atoms with Crippen molar-refractivity contribution < 1.29 is 9.53 Å². The Hall–Kier alpha value is -1.35. The van der Waals surface area contributed by atoms with Crippen molar-refractivity contribution in [2.45, 2.75) is 18.8 Å². The van der Waals surface area contributed by atoms with Crippen LogP contribution < -0.4 is 5.32 Å². The van der Waals surface area contributed by atoms with E-state index in [2.05, 4.69) is 11.4 Å². The summed E-state index contributed by atoms with van der Waals surface area (Å²) >= 11 is 0. The topological polar surface area (TPSA) is 38.3 Å². The molecule has 1 atom stereocenters. The van der Waals surface area contributed by atoms with Gasteiger partial charge in [0.2, 0.25) is 5.91 Å². The molecular formula is C12H13NO2. The van der Waals surface area contributed by atoms with Gasteiger partial charge in [-0.15, -0.1) is 0 Å². The Morgan fingerprint density at radius 2 is 2.33 bits per heavy atom. The van der Waals surface area contributed by atoms with E-state index in [9.17, 15) is 4.79 Å². The van der Waals surface area contributed by atoms with Gasteiger partial charge in [-0.2, -0.15) is 0 Å². The lowest BCUT2D eigenvalue weighted by atomic mass is 9.80. The predicted molar refractivity (Wildman–Crippen MR) is 56.9 cm³/mol. The summed E-state index contributed by atoms with van der Waals surface area (Å²) < 4.78 is 5.39. The van der Waals surface area contributed by atoms with Crippen molar-refractivity contribution in [3.8, 4) is 0 Å². The number of carbonyl (C=O) groups is 1. The van der Waals surface area contributed by atoms with Crippen LogP contribution in [-0.2, 0) is 14.9 Å². The van der Waals surface area contributed by atoms with Crippen LogP contribution in [0.3, 0.4) is 0 Å². The summed E-state index contributed by atoms with van der Waals surface area (Å²) in [5.41, 5.74) is 2.86. The Morgan fingerprint density at radius 3 is 3.07 bits per heavy atom. The summed E-state index contributed by atoms with van der Waals surface area (Å²) in [6.45, 7) is 3.25. The fourth-order valence-corrected chi connectivity index (χ4v) is 2.48. The first-order valence-corrected chi connectivity index (χ1v) is 5.23. The van der Waals surface area contributed by atoms with Gasteiger partial charge in [-0.25, -0.2) is 0 Å². The Labute approximate surface area is 88.4 Å². The minimum Gasteiger partial charge on any atom is -0.380 e. The van der Waals surface area contributed by atoms with E-state index >= 15 is 0 Å². The van der Waals surface area contributed by atoms with Gasteiger partial charge in [0.05, 0.1) is 6.61 Å². The number of rotatable bonds is 0. The molecular weight excluding hydrogens is 190 g/mol. The van der Waals surface area contributed by atoms with Crippen LogP contribution in [-0.4, -0.2) is 19.1 Å². The molecule has 0 aliphatic carbocycles. The normalized spacial score (nSPS) is 28.2. The van der Waals surface area contributed by atoms with Crippen LogP contribution in [0.15, 0.2) is 18.2 Å². The molecule has 1 aromatic carbocycles. The Bertz CT molecular complexity index is 433. The molecule has 15 heavy (non-hydrogen) atoms. The number of anilines is 1. The molecule has 1 unspecified atom stereocenters. The fraction of sp³-hybridized carbons (Fsp3) is 0.417. The highest BCUT2D eigenvalue weighted by atomic mass is 16.5. The van der Waals surface area contributed by atoms with Crippen LogP contribution in [0.2, 0.25) is 0 Å². The van der Waals surface area contributed by atoms with Gasteiger partial charge in [-0.05, 0) is 25.0 Å². The number of amides is 1. The van der Waals surface area contributed by atoms with Crippen molar-refractivity contribution in [2.24, 2.45) is 0 Å². The number of carbonyl (C=O) groups excluding carboxylic acids is 1. The number of ether oxygens (including phenoxy) is 1. The molecule has 1 saturated heterocycles. The highest BCUT2D eigenvalue weighted by molar-refractivity contribution is 6.06. The Kier molecular flexibility index (Phi) is 1.68. The number of nitrogens with one attached hydrogen (secondary N) is 1. The van der Waals surface area contributed by atoms with Gasteiger partial charge in [0.1, 0.15) is 5.41 Å². The van der Waals surface area contributed by atoms with Crippen molar-refractivity contribution in [3.05, 3.63) is 29.3 Å². The van der Waals surface area contributed by atoms with Crippen molar-refractivity contribution >= 4 is 11.6 Å². The number of hydrogen-bond donors (Lipinski definition) is 1. The van der Waals surface area contributed by atoms with E-state index in [4.69, 9.17) is 4.74 Å². The van der Waals surface area contributed by atoms with Gasteiger partial charge in [0.15, 0.2) is 0 Å². The van der Waals surface area contributed by atoms with Crippen molar-refractivity contribution in [2.75, 3.05) is 18.5 Å². The summed E-state index contributed by atoms with van der Waals surface area (Å²) in [4.78, 5) is 12.0. The van der Waals surface area contributed by atoms with E-state index in [1.165, 1.54) is 5.56 Å². The summed E-state index contributed by atoms with van der Waals surface area (Å²) in [5.74, 6) is 0.0978. The standard InChI is InChI=1S/C12H13NO2/c1-8-2-3-10-9(6-8)12(11(14)13-10)4-5-15-7-12/h2-3,6H,4-5,7H2,1H3,(H,13,14). The summed E-state index contributed by atoms with van der Waals surface area (Å²) in [5, 5.41) is 2.94. The number of hydrogen-bond acceptors (Lipinski definition) is 2. The molecule has 2 heterocycles. The van der Waals surface area contributed by atoms with E-state index in [1.807, 2.05) is 19.1 Å². The van der Waals surface area contributed by atoms with Crippen LogP contribution in [0.4, 0.5) is 5.69 Å². The summed E-state index contributed by atoms with van der Waals surface area (Å²) in [6.07, 6.45) is 0.801. The molecule has 0 aromatic heterocycles. The molecule has 2 aliphatic heterocycles. The summed E-state index contributed by atoms with van der Waals surface area (Å²) in [7, 11) is 0. The molecule has 1 spiro atoms. The van der Waals surface area contributed by atoms with Gasteiger partial charge in [-0.1, -0.05) is 17.7 Å². The first-order valence-electron chi connectivity index (χ1n) is 5.23. The number of fused-ring (bicyclic) bond motifs is 2. The monoisotopic (exact) mass is 203 g/mol. The van der Waals surface area contributed by atoms with Crippen molar-refractivity contribution in [3.63, 3.8) is 0 Å². The van der Waals surface area contributed by atoms with Gasteiger partial charge < -0.3 is 10.1 Å². The highest BCUT2D eigenvalue weighted by Crippen LogP contribution is 2.43. The number of aryl methyl sites for hydroxylation is 1. The van der Waals surface area contributed by atoms with Gasteiger partial charge >= 0.3 is 0 Å². The molecule has 1 N–H and O–H groups in total. The fourth-order valence-electron chi connectivity index (χ4n) is 2.48. The predicted octanol–water partition coefficient (Wildman–Crippen LogP) is 1.61. The molecule has 3 heteroatoms. The average Bonchev–Trinajstić information content (AvgIpc) is 2.78. The van der Waals surface area contributed by atoms with E-state index < -0.39 is 5.41 Å². The molecule has 1 aromatic rings. The highest BCUT2D eigenvalue weighted by Gasteiger charge is 2.49. The summed E-state index contributed by atoms with van der Waals surface area (Å²) in [6, 6.07) is 6.10. The Morgan fingerprint density at radius 1 is 1.47 bits per heavy atom. The van der Waals surface area contributed by atoms with E-state index in [0.717, 1.165) is 17.7 Å². The molecule has 78 valence electrons. The maximum Gasteiger partial charge on any atom is 0.237 e. The lowest BCUT2D eigenvalue weighted by Crippen LogP contribution is -2.34. The van der Waals surface area contributed by atoms with Crippen LogP contribution in [0.1, 0.15) is 17.5 Å². The molecule has 2 aliphatic rings. The SMILES string of the molecule is Cc1ccc2c(c1)C1(CCOC1)C(=O)N2. The van der Waals surface area contributed by atoms with Crippen LogP contribution in [0, 0.1) is 6.92 Å². The minimum atomic E-state index is -0.401. The second-order valence-electron chi connectivity index (χ2n) is 4.39. The zero-order chi connectivity index (χ0) is 10.5. The van der Waals surface area contributed by atoms with Crippen LogP contribution in [0.25, 0.3) is 0 Å². The zero-order valence-corrected chi connectivity index (χ0v) is 8.67. The van der Waals surface area contributed by atoms with Gasteiger partial charge in [0, 0.05) is 12.3 Å². The maximum absolute atomic E-state index is 12.0. The number of benzene rings is 1. The molecule has 0 saturated carbocycles. The molecule has 0 radical (unpaired) electrons. The van der Waals surface area contributed by atoms with Gasteiger partial charge in [0.25, 0.3) is 0 Å². The lowest BCUT2D eigenvalue weighted by molar-refractivity contribution is -0.120. The smallest absolute Gasteiger partial charge is 0.237 e. The molecule has 1 amide bonds. The van der Waals surface area contributed by atoms with Crippen molar-refractivity contribution in [1.82, 2.24) is 0 Å². The first-order chi connectivity index (χ1) is 7.22. The zero-order valence-electron chi connectivity index (χ0n) is 8.67. The maximum atomic E-state index is 12.0. The van der Waals surface area contributed by atoms with Crippen LogP contribution >= 0.6 is 0 Å².